The van der Waals surface area contributed by atoms with Gasteiger partial charge in [-0.05, 0) is 26.0 Å². The van der Waals surface area contributed by atoms with Crippen molar-refractivity contribution in [3.63, 3.8) is 0 Å². The zero-order valence-corrected chi connectivity index (χ0v) is 11.7. The van der Waals surface area contributed by atoms with E-state index in [0.717, 1.165) is 12.1 Å². The molecule has 0 atom stereocenters. The SMILES string of the molecule is Cc1nn(-c2ccc(F)cc2F)c(C)c1C(=O)NCCO. The molecule has 2 N–H and O–H groups in total. The van der Waals surface area contributed by atoms with E-state index in [1.54, 1.807) is 13.8 Å². The van der Waals surface area contributed by atoms with E-state index in [1.165, 1.54) is 10.7 Å². The molecule has 0 spiro atoms. The Labute approximate surface area is 120 Å². The van der Waals surface area contributed by atoms with Gasteiger partial charge in [0.2, 0.25) is 0 Å². The lowest BCUT2D eigenvalue weighted by molar-refractivity contribution is 0.0943. The average molecular weight is 295 g/mol. The van der Waals surface area contributed by atoms with Gasteiger partial charge in [-0.3, -0.25) is 4.79 Å². The van der Waals surface area contributed by atoms with E-state index in [-0.39, 0.29) is 18.8 Å². The summed E-state index contributed by atoms with van der Waals surface area (Å²) < 4.78 is 28.0. The van der Waals surface area contributed by atoms with E-state index in [1.807, 2.05) is 0 Å². The lowest BCUT2D eigenvalue weighted by Crippen LogP contribution is -2.27. The molecule has 0 aliphatic heterocycles. The topological polar surface area (TPSA) is 67.2 Å². The van der Waals surface area contributed by atoms with Gasteiger partial charge in [-0.2, -0.15) is 5.10 Å². The van der Waals surface area contributed by atoms with Crippen LogP contribution in [-0.4, -0.2) is 33.9 Å². The minimum absolute atomic E-state index is 0.0678. The highest BCUT2D eigenvalue weighted by Gasteiger charge is 2.20. The van der Waals surface area contributed by atoms with E-state index in [2.05, 4.69) is 10.4 Å². The summed E-state index contributed by atoms with van der Waals surface area (Å²) in [6, 6.07) is 3.15. The fourth-order valence-corrected chi connectivity index (χ4v) is 2.12. The van der Waals surface area contributed by atoms with Gasteiger partial charge in [0.05, 0.1) is 23.6 Å². The lowest BCUT2D eigenvalue weighted by atomic mass is 10.2. The molecule has 1 aromatic heterocycles. The van der Waals surface area contributed by atoms with Crippen LogP contribution in [0.3, 0.4) is 0 Å². The van der Waals surface area contributed by atoms with Crippen LogP contribution in [0.2, 0.25) is 0 Å². The summed E-state index contributed by atoms with van der Waals surface area (Å²) in [5.74, 6) is -1.84. The molecule has 1 amide bonds. The quantitative estimate of drug-likeness (QED) is 0.898. The fourth-order valence-electron chi connectivity index (χ4n) is 2.12. The number of aliphatic hydroxyl groups is 1. The van der Waals surface area contributed by atoms with Crippen molar-refractivity contribution in [1.82, 2.24) is 15.1 Å². The summed E-state index contributed by atoms with van der Waals surface area (Å²) >= 11 is 0. The number of aryl methyl sites for hydroxylation is 1. The molecular formula is C14H15F2N3O2. The van der Waals surface area contributed by atoms with Crippen molar-refractivity contribution in [1.29, 1.82) is 0 Å². The number of nitrogens with one attached hydrogen (secondary N) is 1. The molecule has 2 aromatic rings. The minimum atomic E-state index is -0.761. The molecule has 0 saturated heterocycles. The lowest BCUT2D eigenvalue weighted by Gasteiger charge is -2.07. The van der Waals surface area contributed by atoms with E-state index >= 15 is 0 Å². The summed E-state index contributed by atoms with van der Waals surface area (Å²) in [4.78, 5) is 12.0. The molecule has 0 unspecified atom stereocenters. The van der Waals surface area contributed by atoms with Gasteiger partial charge in [0, 0.05) is 12.6 Å². The zero-order chi connectivity index (χ0) is 15.6. The Morgan fingerprint density at radius 3 is 2.71 bits per heavy atom. The summed E-state index contributed by atoms with van der Waals surface area (Å²) in [6.45, 7) is 3.19. The number of aromatic nitrogens is 2. The number of carbonyl (C=O) groups excluding carboxylic acids is 1. The van der Waals surface area contributed by atoms with E-state index < -0.39 is 17.5 Å². The molecule has 0 fully saturated rings. The molecule has 1 aromatic carbocycles. The highest BCUT2D eigenvalue weighted by Crippen LogP contribution is 2.20. The van der Waals surface area contributed by atoms with Crippen LogP contribution in [0, 0.1) is 25.5 Å². The molecule has 21 heavy (non-hydrogen) atoms. The number of hydrogen-bond acceptors (Lipinski definition) is 3. The number of rotatable bonds is 4. The van der Waals surface area contributed by atoms with Crippen molar-refractivity contribution in [3.05, 3.63) is 46.8 Å². The second-order valence-electron chi connectivity index (χ2n) is 4.53. The van der Waals surface area contributed by atoms with Gasteiger partial charge < -0.3 is 10.4 Å². The van der Waals surface area contributed by atoms with Crippen molar-refractivity contribution < 1.29 is 18.7 Å². The number of nitrogens with zero attached hydrogens (tertiary/aromatic N) is 2. The van der Waals surface area contributed by atoms with Gasteiger partial charge in [0.1, 0.15) is 11.5 Å². The van der Waals surface area contributed by atoms with Gasteiger partial charge in [0.25, 0.3) is 5.91 Å². The number of carbonyl (C=O) groups is 1. The summed E-state index contributed by atoms with van der Waals surface area (Å²) in [7, 11) is 0. The molecule has 0 radical (unpaired) electrons. The van der Waals surface area contributed by atoms with Crippen LogP contribution >= 0.6 is 0 Å². The third-order valence-corrected chi connectivity index (χ3v) is 3.05. The number of benzene rings is 1. The Morgan fingerprint density at radius 2 is 2.10 bits per heavy atom. The molecule has 2 rings (SSSR count). The Morgan fingerprint density at radius 1 is 1.38 bits per heavy atom. The summed E-state index contributed by atoms with van der Waals surface area (Å²) in [5.41, 5.74) is 1.24. The predicted octanol–water partition coefficient (Wildman–Crippen LogP) is 1.49. The zero-order valence-electron chi connectivity index (χ0n) is 11.7. The number of amides is 1. The van der Waals surface area contributed by atoms with Gasteiger partial charge >= 0.3 is 0 Å². The molecule has 0 bridgehead atoms. The molecule has 0 saturated carbocycles. The Kier molecular flexibility index (Phi) is 4.32. The maximum atomic E-state index is 13.8. The normalized spacial score (nSPS) is 10.7. The van der Waals surface area contributed by atoms with Gasteiger partial charge in [0.15, 0.2) is 5.82 Å². The van der Waals surface area contributed by atoms with Crippen LogP contribution in [0.15, 0.2) is 18.2 Å². The van der Waals surface area contributed by atoms with E-state index in [4.69, 9.17) is 5.11 Å². The molecule has 1 heterocycles. The molecule has 5 nitrogen and oxygen atoms in total. The van der Waals surface area contributed by atoms with E-state index in [9.17, 15) is 13.6 Å². The molecule has 112 valence electrons. The first-order valence-electron chi connectivity index (χ1n) is 6.36. The second-order valence-corrected chi connectivity index (χ2v) is 4.53. The monoisotopic (exact) mass is 295 g/mol. The highest BCUT2D eigenvalue weighted by atomic mass is 19.1. The van der Waals surface area contributed by atoms with Crippen LogP contribution in [0.5, 0.6) is 0 Å². The van der Waals surface area contributed by atoms with Crippen molar-refractivity contribution in [2.75, 3.05) is 13.2 Å². The Hall–Kier alpha value is -2.28. The molecule has 7 heteroatoms. The first-order chi connectivity index (χ1) is 9.95. The standard InChI is InChI=1S/C14H15F2N3O2/c1-8-13(14(21)17-5-6-20)9(2)19(18-8)12-4-3-10(15)7-11(12)16/h3-4,7,20H,5-6H2,1-2H3,(H,17,21). The maximum Gasteiger partial charge on any atom is 0.255 e. The molecule has 0 aliphatic carbocycles. The first kappa shape index (κ1) is 15.1. The number of halogens is 2. The van der Waals surface area contributed by atoms with Gasteiger partial charge in [-0.25, -0.2) is 13.5 Å². The van der Waals surface area contributed by atoms with Crippen molar-refractivity contribution in [2.24, 2.45) is 0 Å². The van der Waals surface area contributed by atoms with Gasteiger partial charge in [-0.1, -0.05) is 0 Å². The van der Waals surface area contributed by atoms with Crippen molar-refractivity contribution in [3.8, 4) is 5.69 Å². The van der Waals surface area contributed by atoms with Gasteiger partial charge in [-0.15, -0.1) is 0 Å². The minimum Gasteiger partial charge on any atom is -0.395 e. The molecule has 0 aliphatic rings. The van der Waals surface area contributed by atoms with Crippen LogP contribution in [0.25, 0.3) is 5.69 Å². The van der Waals surface area contributed by atoms with E-state index in [0.29, 0.717) is 17.0 Å². The number of hydrogen-bond donors (Lipinski definition) is 2. The Balaban J connectivity index is 2.45. The predicted molar refractivity (Wildman–Crippen MR) is 72.4 cm³/mol. The second kappa shape index (κ2) is 6.01. The number of aliphatic hydroxyl groups excluding tert-OH is 1. The summed E-state index contributed by atoms with van der Waals surface area (Å²) in [6.07, 6.45) is 0. The fraction of sp³-hybridized carbons (Fsp3) is 0.286. The van der Waals surface area contributed by atoms with Crippen molar-refractivity contribution >= 4 is 5.91 Å². The van der Waals surface area contributed by atoms with Crippen molar-refractivity contribution in [2.45, 2.75) is 13.8 Å². The third-order valence-electron chi connectivity index (χ3n) is 3.05. The highest BCUT2D eigenvalue weighted by molar-refractivity contribution is 5.96. The summed E-state index contributed by atoms with van der Waals surface area (Å²) in [5, 5.41) is 15.4. The van der Waals surface area contributed by atoms with Crippen LogP contribution in [0.4, 0.5) is 8.78 Å². The average Bonchev–Trinajstić information content (AvgIpc) is 2.71. The largest absolute Gasteiger partial charge is 0.395 e. The third kappa shape index (κ3) is 2.92. The molecular weight excluding hydrogens is 280 g/mol. The van der Waals surface area contributed by atoms with Crippen LogP contribution < -0.4 is 5.32 Å². The maximum absolute atomic E-state index is 13.8. The van der Waals surface area contributed by atoms with Crippen LogP contribution in [0.1, 0.15) is 21.7 Å². The van der Waals surface area contributed by atoms with Crippen LogP contribution in [-0.2, 0) is 0 Å². The Bertz CT molecular complexity index is 683. The first-order valence-corrected chi connectivity index (χ1v) is 6.36. The smallest absolute Gasteiger partial charge is 0.255 e.